The number of Topliss-reactive ketones (excluding diaryl/α,β-unsaturated/α-hetero) is 1. The summed E-state index contributed by atoms with van der Waals surface area (Å²) in [6, 6.07) is 5.03. The first kappa shape index (κ1) is 14.0. The number of ketones is 1. The average molecular weight is 264 g/mol. The van der Waals surface area contributed by atoms with Crippen LogP contribution >= 0.6 is 0 Å². The van der Waals surface area contributed by atoms with Crippen molar-refractivity contribution in [3.63, 3.8) is 0 Å². The second-order valence-electron chi connectivity index (χ2n) is 5.33. The summed E-state index contributed by atoms with van der Waals surface area (Å²) >= 11 is 0. The lowest BCUT2D eigenvalue weighted by Crippen LogP contribution is -2.49. The molecule has 0 spiro atoms. The maximum Gasteiger partial charge on any atom is 0.161 e. The van der Waals surface area contributed by atoms with E-state index in [0.29, 0.717) is 11.6 Å². The highest BCUT2D eigenvalue weighted by atomic mass is 19.1. The number of rotatable bonds is 3. The molecule has 4 heteroatoms. The van der Waals surface area contributed by atoms with Crippen LogP contribution in [-0.4, -0.2) is 42.9 Å². The molecule has 1 aliphatic rings. The van der Waals surface area contributed by atoms with E-state index in [1.165, 1.54) is 19.1 Å². The molecule has 0 amide bonds. The average Bonchev–Trinajstić information content (AvgIpc) is 2.38. The van der Waals surface area contributed by atoms with E-state index < -0.39 is 0 Å². The highest BCUT2D eigenvalue weighted by molar-refractivity contribution is 5.99. The number of anilines is 1. The van der Waals surface area contributed by atoms with Crippen LogP contribution in [0.5, 0.6) is 0 Å². The van der Waals surface area contributed by atoms with Crippen LogP contribution in [0.1, 0.15) is 31.1 Å². The predicted octanol–water partition coefficient (Wildman–Crippen LogP) is 2.56. The Morgan fingerprint density at radius 2 is 1.84 bits per heavy atom. The smallest absolute Gasteiger partial charge is 0.161 e. The van der Waals surface area contributed by atoms with Crippen molar-refractivity contribution >= 4 is 11.5 Å². The number of halogens is 1. The van der Waals surface area contributed by atoms with E-state index in [2.05, 4.69) is 23.6 Å². The molecule has 0 unspecified atom stereocenters. The molecule has 0 aliphatic carbocycles. The van der Waals surface area contributed by atoms with Gasteiger partial charge < -0.3 is 4.90 Å². The van der Waals surface area contributed by atoms with Gasteiger partial charge in [-0.15, -0.1) is 0 Å². The van der Waals surface area contributed by atoms with Crippen LogP contribution in [0.25, 0.3) is 0 Å². The van der Waals surface area contributed by atoms with Gasteiger partial charge in [-0.25, -0.2) is 4.39 Å². The first-order valence-corrected chi connectivity index (χ1v) is 6.78. The number of hydrogen-bond acceptors (Lipinski definition) is 3. The SMILES string of the molecule is CC(=O)c1cc(F)ccc1N1CCN(C(C)C)CC1. The van der Waals surface area contributed by atoms with E-state index in [0.717, 1.165) is 31.9 Å². The topological polar surface area (TPSA) is 23.6 Å². The minimum Gasteiger partial charge on any atom is -0.368 e. The van der Waals surface area contributed by atoms with Crippen LogP contribution in [0, 0.1) is 5.82 Å². The van der Waals surface area contributed by atoms with Crippen molar-refractivity contribution in [3.05, 3.63) is 29.6 Å². The van der Waals surface area contributed by atoms with Crippen LogP contribution < -0.4 is 4.90 Å². The molecule has 104 valence electrons. The summed E-state index contributed by atoms with van der Waals surface area (Å²) in [7, 11) is 0. The molecular weight excluding hydrogens is 243 g/mol. The van der Waals surface area contributed by atoms with Crippen LogP contribution in [0.15, 0.2) is 18.2 Å². The Kier molecular flexibility index (Phi) is 4.20. The monoisotopic (exact) mass is 264 g/mol. The van der Waals surface area contributed by atoms with Crippen molar-refractivity contribution in [2.75, 3.05) is 31.1 Å². The Labute approximate surface area is 114 Å². The fourth-order valence-corrected chi connectivity index (χ4v) is 2.55. The third-order valence-corrected chi connectivity index (χ3v) is 3.72. The van der Waals surface area contributed by atoms with Crippen molar-refractivity contribution < 1.29 is 9.18 Å². The van der Waals surface area contributed by atoms with Gasteiger partial charge in [0.05, 0.1) is 0 Å². The van der Waals surface area contributed by atoms with E-state index in [4.69, 9.17) is 0 Å². The highest BCUT2D eigenvalue weighted by Crippen LogP contribution is 2.24. The van der Waals surface area contributed by atoms with Crippen molar-refractivity contribution in [2.24, 2.45) is 0 Å². The van der Waals surface area contributed by atoms with Gasteiger partial charge in [0, 0.05) is 43.5 Å². The molecule has 1 heterocycles. The largest absolute Gasteiger partial charge is 0.368 e. The summed E-state index contributed by atoms with van der Waals surface area (Å²) in [5, 5.41) is 0. The van der Waals surface area contributed by atoms with E-state index in [-0.39, 0.29) is 11.6 Å². The van der Waals surface area contributed by atoms with Gasteiger partial charge in [0.2, 0.25) is 0 Å². The molecule has 0 radical (unpaired) electrons. The fraction of sp³-hybridized carbons (Fsp3) is 0.533. The zero-order chi connectivity index (χ0) is 14.0. The summed E-state index contributed by atoms with van der Waals surface area (Å²) < 4.78 is 13.3. The van der Waals surface area contributed by atoms with E-state index in [1.54, 1.807) is 6.07 Å². The molecule has 1 saturated heterocycles. The third-order valence-electron chi connectivity index (χ3n) is 3.72. The predicted molar refractivity (Wildman–Crippen MR) is 75.3 cm³/mol. The van der Waals surface area contributed by atoms with Crippen LogP contribution in [0.3, 0.4) is 0 Å². The molecule has 0 bridgehead atoms. The quantitative estimate of drug-likeness (QED) is 0.784. The summed E-state index contributed by atoms with van der Waals surface area (Å²) in [6.45, 7) is 9.58. The molecule has 19 heavy (non-hydrogen) atoms. The Hall–Kier alpha value is -1.42. The van der Waals surface area contributed by atoms with Crippen LogP contribution in [0.2, 0.25) is 0 Å². The Bertz CT molecular complexity index is 465. The second kappa shape index (κ2) is 5.70. The normalized spacial score (nSPS) is 17.0. The van der Waals surface area contributed by atoms with E-state index in [9.17, 15) is 9.18 Å². The van der Waals surface area contributed by atoms with Gasteiger partial charge >= 0.3 is 0 Å². The number of hydrogen-bond donors (Lipinski definition) is 0. The molecule has 2 rings (SSSR count). The van der Waals surface area contributed by atoms with Crippen LogP contribution in [-0.2, 0) is 0 Å². The van der Waals surface area contributed by atoms with E-state index in [1.807, 2.05) is 0 Å². The Morgan fingerprint density at radius 3 is 2.37 bits per heavy atom. The van der Waals surface area contributed by atoms with Crippen molar-refractivity contribution in [3.8, 4) is 0 Å². The molecular formula is C15H21FN2O. The van der Waals surface area contributed by atoms with Crippen molar-refractivity contribution in [1.29, 1.82) is 0 Å². The van der Waals surface area contributed by atoms with Crippen molar-refractivity contribution in [2.45, 2.75) is 26.8 Å². The number of carbonyl (C=O) groups is 1. The molecule has 1 aromatic rings. The standard InChI is InChI=1S/C15H21FN2O/c1-11(2)17-6-8-18(9-7-17)15-5-4-13(16)10-14(15)12(3)19/h4-5,10-11H,6-9H2,1-3H3. The summed E-state index contributed by atoms with van der Waals surface area (Å²) in [4.78, 5) is 16.2. The zero-order valence-corrected chi connectivity index (χ0v) is 11.8. The minimum atomic E-state index is -0.352. The number of benzene rings is 1. The summed E-state index contributed by atoms with van der Waals surface area (Å²) in [6.07, 6.45) is 0. The Morgan fingerprint density at radius 1 is 1.21 bits per heavy atom. The molecule has 0 atom stereocenters. The van der Waals surface area contributed by atoms with Gasteiger partial charge in [-0.05, 0) is 39.0 Å². The molecule has 1 aromatic carbocycles. The molecule has 0 aromatic heterocycles. The summed E-state index contributed by atoms with van der Waals surface area (Å²) in [5.41, 5.74) is 1.34. The van der Waals surface area contributed by atoms with E-state index >= 15 is 0 Å². The van der Waals surface area contributed by atoms with Crippen LogP contribution in [0.4, 0.5) is 10.1 Å². The molecule has 0 saturated carbocycles. The number of piperazine rings is 1. The Balaban J connectivity index is 2.17. The number of nitrogens with zero attached hydrogens (tertiary/aromatic N) is 2. The van der Waals surface area contributed by atoms with Gasteiger partial charge in [0.15, 0.2) is 5.78 Å². The summed E-state index contributed by atoms with van der Waals surface area (Å²) in [5.74, 6) is -0.435. The fourth-order valence-electron chi connectivity index (χ4n) is 2.55. The molecule has 3 nitrogen and oxygen atoms in total. The van der Waals surface area contributed by atoms with Gasteiger partial charge in [0.25, 0.3) is 0 Å². The first-order valence-electron chi connectivity index (χ1n) is 6.78. The van der Waals surface area contributed by atoms with Gasteiger partial charge in [-0.2, -0.15) is 0 Å². The minimum absolute atomic E-state index is 0.0826. The van der Waals surface area contributed by atoms with Gasteiger partial charge in [-0.1, -0.05) is 0 Å². The second-order valence-corrected chi connectivity index (χ2v) is 5.33. The molecule has 0 N–H and O–H groups in total. The lowest BCUT2D eigenvalue weighted by atomic mass is 10.1. The lowest BCUT2D eigenvalue weighted by molar-refractivity contribution is 0.101. The lowest BCUT2D eigenvalue weighted by Gasteiger charge is -2.38. The highest BCUT2D eigenvalue weighted by Gasteiger charge is 2.21. The van der Waals surface area contributed by atoms with Gasteiger partial charge in [0.1, 0.15) is 5.82 Å². The third kappa shape index (κ3) is 3.13. The molecule has 1 aliphatic heterocycles. The maximum absolute atomic E-state index is 13.3. The van der Waals surface area contributed by atoms with Crippen molar-refractivity contribution in [1.82, 2.24) is 4.90 Å². The first-order chi connectivity index (χ1) is 8.99. The maximum atomic E-state index is 13.3. The zero-order valence-electron chi connectivity index (χ0n) is 11.8. The molecule has 1 fully saturated rings. The van der Waals surface area contributed by atoms with Gasteiger partial charge in [-0.3, -0.25) is 9.69 Å². The number of carbonyl (C=O) groups excluding carboxylic acids is 1.